The van der Waals surface area contributed by atoms with Gasteiger partial charge in [-0.1, -0.05) is 18.2 Å². The molecule has 0 unspecified atom stereocenters. The lowest BCUT2D eigenvalue weighted by atomic mass is 10.2. The average Bonchev–Trinajstić information content (AvgIpc) is 2.74. The van der Waals surface area contributed by atoms with Gasteiger partial charge in [-0.3, -0.25) is 4.90 Å². The summed E-state index contributed by atoms with van der Waals surface area (Å²) in [5.74, 6) is -0.123. The number of hydrogen-bond donors (Lipinski definition) is 0. The van der Waals surface area contributed by atoms with Crippen LogP contribution in [0.1, 0.15) is 18.4 Å². The van der Waals surface area contributed by atoms with Crippen molar-refractivity contribution in [2.45, 2.75) is 25.5 Å². The van der Waals surface area contributed by atoms with Gasteiger partial charge in [0.05, 0.1) is 6.10 Å². The van der Waals surface area contributed by atoms with E-state index in [1.54, 1.807) is 6.07 Å². The Bertz CT molecular complexity index is 336. The monoisotopic (exact) mass is 223 g/mol. The first-order chi connectivity index (χ1) is 7.75. The molecule has 1 aromatic carbocycles. The molecule has 1 saturated heterocycles. The fourth-order valence-electron chi connectivity index (χ4n) is 2.12. The first kappa shape index (κ1) is 11.6. The van der Waals surface area contributed by atoms with Crippen LogP contribution in [0.15, 0.2) is 24.3 Å². The fourth-order valence-corrected chi connectivity index (χ4v) is 2.12. The summed E-state index contributed by atoms with van der Waals surface area (Å²) in [6.45, 7) is 2.40. The van der Waals surface area contributed by atoms with Crippen LogP contribution in [0, 0.1) is 5.82 Å². The minimum absolute atomic E-state index is 0.123. The average molecular weight is 223 g/mol. The number of rotatable bonds is 4. The van der Waals surface area contributed by atoms with Gasteiger partial charge < -0.3 is 4.74 Å². The maximum absolute atomic E-state index is 13.4. The predicted octanol–water partition coefficient (Wildman–Crippen LogP) is 2.44. The maximum Gasteiger partial charge on any atom is 0.127 e. The Balaban J connectivity index is 1.86. The third kappa shape index (κ3) is 3.03. The van der Waals surface area contributed by atoms with Gasteiger partial charge in [0.25, 0.3) is 0 Å². The summed E-state index contributed by atoms with van der Waals surface area (Å²) in [6, 6.07) is 6.94. The predicted molar refractivity (Wildman–Crippen MR) is 61.7 cm³/mol. The van der Waals surface area contributed by atoms with Crippen LogP contribution in [0.4, 0.5) is 4.39 Å². The summed E-state index contributed by atoms with van der Waals surface area (Å²) in [4.78, 5) is 2.12. The van der Waals surface area contributed by atoms with Gasteiger partial charge in [-0.15, -0.1) is 0 Å². The highest BCUT2D eigenvalue weighted by molar-refractivity contribution is 5.16. The van der Waals surface area contributed by atoms with Gasteiger partial charge in [0, 0.05) is 25.3 Å². The first-order valence-electron chi connectivity index (χ1n) is 5.79. The van der Waals surface area contributed by atoms with Gasteiger partial charge in [-0.25, -0.2) is 4.39 Å². The second kappa shape index (κ2) is 5.41. The van der Waals surface area contributed by atoms with Gasteiger partial charge in [0.2, 0.25) is 0 Å². The van der Waals surface area contributed by atoms with Crippen molar-refractivity contribution >= 4 is 0 Å². The van der Waals surface area contributed by atoms with Crippen LogP contribution in [0.5, 0.6) is 0 Å². The Hall–Kier alpha value is -0.930. The molecular weight excluding hydrogens is 205 g/mol. The Morgan fingerprint density at radius 1 is 1.44 bits per heavy atom. The number of likely N-dealkylation sites (N-methyl/N-ethyl adjacent to an activating group) is 1. The van der Waals surface area contributed by atoms with E-state index in [9.17, 15) is 4.39 Å². The molecule has 1 fully saturated rings. The topological polar surface area (TPSA) is 12.5 Å². The molecular formula is C13H18FNO. The van der Waals surface area contributed by atoms with Crippen molar-refractivity contribution in [3.63, 3.8) is 0 Å². The van der Waals surface area contributed by atoms with E-state index < -0.39 is 0 Å². The van der Waals surface area contributed by atoms with E-state index in [1.807, 2.05) is 19.2 Å². The van der Waals surface area contributed by atoms with Crippen LogP contribution in [-0.2, 0) is 11.3 Å². The van der Waals surface area contributed by atoms with E-state index in [4.69, 9.17) is 4.74 Å². The molecule has 0 N–H and O–H groups in total. The second-order valence-electron chi connectivity index (χ2n) is 4.42. The molecule has 3 heteroatoms. The van der Waals surface area contributed by atoms with Crippen molar-refractivity contribution in [2.24, 2.45) is 0 Å². The third-order valence-corrected chi connectivity index (χ3v) is 2.94. The summed E-state index contributed by atoms with van der Waals surface area (Å²) in [5, 5.41) is 0. The molecule has 16 heavy (non-hydrogen) atoms. The number of benzene rings is 1. The third-order valence-electron chi connectivity index (χ3n) is 2.94. The molecule has 2 rings (SSSR count). The minimum Gasteiger partial charge on any atom is -0.377 e. The standard InChI is InChI=1S/C13H18FNO/c1-15(10-12-6-4-8-16-12)9-11-5-2-3-7-13(11)14/h2-3,5,7,12H,4,6,8-10H2,1H3/t12-/m0/s1. The number of ether oxygens (including phenoxy) is 1. The van der Waals surface area contributed by atoms with E-state index >= 15 is 0 Å². The maximum atomic E-state index is 13.4. The lowest BCUT2D eigenvalue weighted by molar-refractivity contribution is 0.0790. The lowest BCUT2D eigenvalue weighted by Gasteiger charge is -2.20. The highest BCUT2D eigenvalue weighted by Gasteiger charge is 2.17. The van der Waals surface area contributed by atoms with Crippen LogP contribution in [0.3, 0.4) is 0 Å². The highest BCUT2D eigenvalue weighted by atomic mass is 19.1. The molecule has 2 nitrogen and oxygen atoms in total. The van der Waals surface area contributed by atoms with Crippen molar-refractivity contribution in [3.8, 4) is 0 Å². The Morgan fingerprint density at radius 2 is 2.25 bits per heavy atom. The van der Waals surface area contributed by atoms with Crippen molar-refractivity contribution < 1.29 is 9.13 Å². The van der Waals surface area contributed by atoms with Crippen LogP contribution in [0.2, 0.25) is 0 Å². The molecule has 0 radical (unpaired) electrons. The molecule has 0 spiro atoms. The zero-order chi connectivity index (χ0) is 11.4. The van der Waals surface area contributed by atoms with E-state index in [-0.39, 0.29) is 5.82 Å². The van der Waals surface area contributed by atoms with Gasteiger partial charge >= 0.3 is 0 Å². The molecule has 1 aromatic rings. The van der Waals surface area contributed by atoms with E-state index in [0.717, 1.165) is 31.6 Å². The van der Waals surface area contributed by atoms with Gasteiger partial charge in [-0.2, -0.15) is 0 Å². The highest BCUT2D eigenvalue weighted by Crippen LogP contribution is 2.15. The quantitative estimate of drug-likeness (QED) is 0.777. The molecule has 88 valence electrons. The van der Waals surface area contributed by atoms with Gasteiger partial charge in [0.1, 0.15) is 5.82 Å². The molecule has 0 aromatic heterocycles. The summed E-state index contributed by atoms with van der Waals surface area (Å²) >= 11 is 0. The van der Waals surface area contributed by atoms with Crippen LogP contribution in [0.25, 0.3) is 0 Å². The summed E-state index contributed by atoms with van der Waals surface area (Å²) in [6.07, 6.45) is 2.61. The SMILES string of the molecule is CN(Cc1ccccc1F)C[C@@H]1CCCO1. The molecule has 0 bridgehead atoms. The Labute approximate surface area is 96.0 Å². The fraction of sp³-hybridized carbons (Fsp3) is 0.538. The smallest absolute Gasteiger partial charge is 0.127 e. The summed E-state index contributed by atoms with van der Waals surface area (Å²) in [5.41, 5.74) is 0.753. The van der Waals surface area contributed by atoms with E-state index in [2.05, 4.69) is 4.90 Å². The molecule has 0 aliphatic carbocycles. The second-order valence-corrected chi connectivity index (χ2v) is 4.42. The number of nitrogens with zero attached hydrogens (tertiary/aromatic N) is 1. The molecule has 0 saturated carbocycles. The minimum atomic E-state index is -0.123. The molecule has 1 aliphatic heterocycles. The molecule has 1 aliphatic rings. The van der Waals surface area contributed by atoms with Crippen LogP contribution >= 0.6 is 0 Å². The summed E-state index contributed by atoms with van der Waals surface area (Å²) < 4.78 is 19.0. The van der Waals surface area contributed by atoms with Gasteiger partial charge in [0.15, 0.2) is 0 Å². The Kier molecular flexibility index (Phi) is 3.91. The van der Waals surface area contributed by atoms with E-state index in [0.29, 0.717) is 12.6 Å². The summed E-state index contributed by atoms with van der Waals surface area (Å²) in [7, 11) is 2.01. The van der Waals surface area contributed by atoms with Crippen molar-refractivity contribution in [1.82, 2.24) is 4.90 Å². The van der Waals surface area contributed by atoms with Gasteiger partial charge in [-0.05, 0) is 26.0 Å². The number of hydrogen-bond acceptors (Lipinski definition) is 2. The normalized spacial score (nSPS) is 20.6. The zero-order valence-electron chi connectivity index (χ0n) is 9.66. The molecule has 1 atom stereocenters. The van der Waals surface area contributed by atoms with Crippen LogP contribution in [-0.4, -0.2) is 31.2 Å². The largest absolute Gasteiger partial charge is 0.377 e. The lowest BCUT2D eigenvalue weighted by Crippen LogP contribution is -2.28. The Morgan fingerprint density at radius 3 is 2.94 bits per heavy atom. The van der Waals surface area contributed by atoms with Crippen molar-refractivity contribution in [3.05, 3.63) is 35.6 Å². The zero-order valence-corrected chi connectivity index (χ0v) is 9.66. The van der Waals surface area contributed by atoms with Crippen molar-refractivity contribution in [2.75, 3.05) is 20.2 Å². The number of halogens is 1. The van der Waals surface area contributed by atoms with Crippen molar-refractivity contribution in [1.29, 1.82) is 0 Å². The molecule has 0 amide bonds. The van der Waals surface area contributed by atoms with Crippen LogP contribution < -0.4 is 0 Å². The van der Waals surface area contributed by atoms with E-state index in [1.165, 1.54) is 6.07 Å². The first-order valence-corrected chi connectivity index (χ1v) is 5.79. The molecule has 1 heterocycles.